The molecule has 8 heteroatoms. The average molecular weight is 303 g/mol. The van der Waals surface area contributed by atoms with Crippen molar-refractivity contribution < 1.29 is 4.79 Å². The van der Waals surface area contributed by atoms with Gasteiger partial charge in [-0.3, -0.25) is 9.48 Å². The van der Waals surface area contributed by atoms with E-state index in [0.717, 1.165) is 38.2 Å². The average Bonchev–Trinajstić information content (AvgIpc) is 3.15. The molecule has 1 atom stereocenters. The molecule has 2 aromatic rings. The Balaban J connectivity index is 1.64. The maximum absolute atomic E-state index is 12.5. The van der Waals surface area contributed by atoms with Gasteiger partial charge in [-0.15, -0.1) is 5.10 Å². The summed E-state index contributed by atoms with van der Waals surface area (Å²) in [5, 5.41) is 8.08. The Labute approximate surface area is 128 Å². The van der Waals surface area contributed by atoms with E-state index in [1.165, 1.54) is 0 Å². The van der Waals surface area contributed by atoms with Gasteiger partial charge in [-0.05, 0) is 18.8 Å². The third kappa shape index (κ3) is 3.01. The zero-order chi connectivity index (χ0) is 15.5. The standard InChI is InChI=1S/C14H21N7O/c1-19-6-4-16-13(19)14(22)20-5-2-3-11(8-20)9-21-10-12(7-15)17-18-21/h4,6,10-11H,2-3,5,7-9,15H2,1H3/t11-/m0/s1. The van der Waals surface area contributed by atoms with Gasteiger partial charge in [0.2, 0.25) is 0 Å². The largest absolute Gasteiger partial charge is 0.336 e. The monoisotopic (exact) mass is 303 g/mol. The molecule has 0 radical (unpaired) electrons. The second kappa shape index (κ2) is 6.27. The number of carbonyl (C=O) groups excluding carboxylic acids is 1. The van der Waals surface area contributed by atoms with Crippen molar-refractivity contribution in [2.75, 3.05) is 13.1 Å². The number of aryl methyl sites for hydroxylation is 1. The Kier molecular flexibility index (Phi) is 4.19. The van der Waals surface area contributed by atoms with Crippen molar-refractivity contribution in [2.24, 2.45) is 18.7 Å². The molecular formula is C14H21N7O. The number of imidazole rings is 1. The fourth-order valence-corrected chi connectivity index (χ4v) is 2.90. The first-order valence-corrected chi connectivity index (χ1v) is 7.53. The van der Waals surface area contributed by atoms with Gasteiger partial charge < -0.3 is 15.2 Å². The highest BCUT2D eigenvalue weighted by molar-refractivity contribution is 5.90. The number of piperidine rings is 1. The van der Waals surface area contributed by atoms with Gasteiger partial charge in [0.25, 0.3) is 5.91 Å². The van der Waals surface area contributed by atoms with E-state index in [9.17, 15) is 4.79 Å². The van der Waals surface area contributed by atoms with Crippen molar-refractivity contribution in [1.29, 1.82) is 0 Å². The van der Waals surface area contributed by atoms with E-state index in [1.807, 2.05) is 22.8 Å². The number of nitrogens with zero attached hydrogens (tertiary/aromatic N) is 6. The quantitative estimate of drug-likeness (QED) is 0.859. The summed E-state index contributed by atoms with van der Waals surface area (Å²) < 4.78 is 3.58. The van der Waals surface area contributed by atoms with Gasteiger partial charge in [0.05, 0.1) is 5.69 Å². The molecule has 1 fully saturated rings. The lowest BCUT2D eigenvalue weighted by atomic mass is 9.98. The van der Waals surface area contributed by atoms with Crippen LogP contribution in [0.25, 0.3) is 0 Å². The van der Waals surface area contributed by atoms with Crippen LogP contribution in [0.2, 0.25) is 0 Å². The summed E-state index contributed by atoms with van der Waals surface area (Å²) in [5.74, 6) is 0.871. The van der Waals surface area contributed by atoms with Crippen molar-refractivity contribution in [3.8, 4) is 0 Å². The number of amides is 1. The van der Waals surface area contributed by atoms with Gasteiger partial charge in [-0.1, -0.05) is 5.21 Å². The summed E-state index contributed by atoms with van der Waals surface area (Å²) in [7, 11) is 1.84. The molecule has 118 valence electrons. The van der Waals surface area contributed by atoms with Crippen molar-refractivity contribution in [3.63, 3.8) is 0 Å². The highest BCUT2D eigenvalue weighted by Gasteiger charge is 2.26. The van der Waals surface area contributed by atoms with Crippen LogP contribution in [0.3, 0.4) is 0 Å². The molecule has 0 spiro atoms. The number of aromatic nitrogens is 5. The van der Waals surface area contributed by atoms with E-state index in [-0.39, 0.29) is 5.91 Å². The molecule has 3 rings (SSSR count). The first-order chi connectivity index (χ1) is 10.7. The van der Waals surface area contributed by atoms with E-state index in [1.54, 1.807) is 17.0 Å². The first kappa shape index (κ1) is 14.7. The van der Waals surface area contributed by atoms with Gasteiger partial charge in [0, 0.05) is 51.8 Å². The Morgan fingerprint density at radius 3 is 3.05 bits per heavy atom. The molecule has 0 saturated carbocycles. The van der Waals surface area contributed by atoms with E-state index in [4.69, 9.17) is 5.73 Å². The SMILES string of the molecule is Cn1ccnc1C(=O)N1CCC[C@H](Cn2cc(CN)nn2)C1. The Morgan fingerprint density at radius 2 is 2.36 bits per heavy atom. The number of carbonyl (C=O) groups is 1. The molecule has 1 saturated heterocycles. The van der Waals surface area contributed by atoms with Crippen LogP contribution in [0.15, 0.2) is 18.6 Å². The van der Waals surface area contributed by atoms with Crippen LogP contribution in [0.1, 0.15) is 29.2 Å². The van der Waals surface area contributed by atoms with E-state index in [0.29, 0.717) is 18.3 Å². The number of likely N-dealkylation sites (tertiary alicyclic amines) is 1. The summed E-state index contributed by atoms with van der Waals surface area (Å²) in [4.78, 5) is 18.6. The normalized spacial score (nSPS) is 18.6. The zero-order valence-electron chi connectivity index (χ0n) is 12.7. The van der Waals surface area contributed by atoms with Gasteiger partial charge in [0.1, 0.15) is 0 Å². The van der Waals surface area contributed by atoms with Crippen LogP contribution in [0.5, 0.6) is 0 Å². The summed E-state index contributed by atoms with van der Waals surface area (Å²) >= 11 is 0. The molecule has 1 aliphatic rings. The highest BCUT2D eigenvalue weighted by atomic mass is 16.2. The minimum atomic E-state index is -0.00145. The number of rotatable bonds is 4. The highest BCUT2D eigenvalue weighted by Crippen LogP contribution is 2.19. The predicted molar refractivity (Wildman–Crippen MR) is 79.7 cm³/mol. The van der Waals surface area contributed by atoms with Crippen LogP contribution in [0, 0.1) is 5.92 Å². The molecule has 2 N–H and O–H groups in total. The second-order valence-corrected chi connectivity index (χ2v) is 5.76. The van der Waals surface area contributed by atoms with Gasteiger partial charge in [0.15, 0.2) is 5.82 Å². The summed E-state index contributed by atoms with van der Waals surface area (Å²) in [6.45, 7) is 2.67. The summed E-state index contributed by atoms with van der Waals surface area (Å²) in [6.07, 6.45) is 7.40. The van der Waals surface area contributed by atoms with Crippen LogP contribution in [0.4, 0.5) is 0 Å². The van der Waals surface area contributed by atoms with Crippen molar-refractivity contribution in [3.05, 3.63) is 30.1 Å². The Morgan fingerprint density at radius 1 is 1.50 bits per heavy atom. The van der Waals surface area contributed by atoms with E-state index >= 15 is 0 Å². The molecule has 0 unspecified atom stereocenters. The maximum Gasteiger partial charge on any atom is 0.289 e. The van der Waals surface area contributed by atoms with Gasteiger partial charge in [-0.25, -0.2) is 4.98 Å². The fraction of sp³-hybridized carbons (Fsp3) is 0.571. The maximum atomic E-state index is 12.5. The summed E-state index contributed by atoms with van der Waals surface area (Å²) in [5.41, 5.74) is 6.34. The lowest BCUT2D eigenvalue weighted by Crippen LogP contribution is -2.42. The number of hydrogen-bond donors (Lipinski definition) is 1. The topological polar surface area (TPSA) is 94.9 Å². The minimum absolute atomic E-state index is 0.00145. The van der Waals surface area contributed by atoms with Crippen LogP contribution >= 0.6 is 0 Å². The third-order valence-electron chi connectivity index (χ3n) is 4.06. The number of nitrogens with two attached hydrogens (primary N) is 1. The Bertz CT molecular complexity index is 647. The molecule has 22 heavy (non-hydrogen) atoms. The zero-order valence-corrected chi connectivity index (χ0v) is 12.7. The lowest BCUT2D eigenvalue weighted by molar-refractivity contribution is 0.0643. The predicted octanol–water partition coefficient (Wildman–Crippen LogP) is 0.0227. The Hall–Kier alpha value is -2.22. The smallest absolute Gasteiger partial charge is 0.289 e. The fourth-order valence-electron chi connectivity index (χ4n) is 2.90. The van der Waals surface area contributed by atoms with Crippen molar-refractivity contribution in [2.45, 2.75) is 25.9 Å². The van der Waals surface area contributed by atoms with Crippen molar-refractivity contribution in [1.82, 2.24) is 29.4 Å². The van der Waals surface area contributed by atoms with Gasteiger partial charge >= 0.3 is 0 Å². The first-order valence-electron chi connectivity index (χ1n) is 7.53. The number of hydrogen-bond acceptors (Lipinski definition) is 5. The minimum Gasteiger partial charge on any atom is -0.336 e. The summed E-state index contributed by atoms with van der Waals surface area (Å²) in [6, 6.07) is 0. The molecular weight excluding hydrogens is 282 g/mol. The van der Waals surface area contributed by atoms with E-state index in [2.05, 4.69) is 15.3 Å². The van der Waals surface area contributed by atoms with Crippen LogP contribution in [-0.4, -0.2) is 48.4 Å². The van der Waals surface area contributed by atoms with Crippen molar-refractivity contribution >= 4 is 5.91 Å². The van der Waals surface area contributed by atoms with E-state index < -0.39 is 0 Å². The molecule has 0 bridgehead atoms. The molecule has 0 aliphatic carbocycles. The second-order valence-electron chi connectivity index (χ2n) is 5.76. The molecule has 8 nitrogen and oxygen atoms in total. The van der Waals surface area contributed by atoms with Crippen LogP contribution < -0.4 is 5.73 Å². The van der Waals surface area contributed by atoms with Gasteiger partial charge in [-0.2, -0.15) is 0 Å². The molecule has 1 amide bonds. The molecule has 0 aromatic carbocycles. The lowest BCUT2D eigenvalue weighted by Gasteiger charge is -2.32. The molecule has 1 aliphatic heterocycles. The molecule has 3 heterocycles. The third-order valence-corrected chi connectivity index (χ3v) is 4.06. The molecule has 2 aromatic heterocycles. The van der Waals surface area contributed by atoms with Crippen LogP contribution in [-0.2, 0) is 20.1 Å².